The van der Waals surface area contributed by atoms with Crippen molar-refractivity contribution in [2.75, 3.05) is 0 Å². The minimum Gasteiger partial charge on any atom is -0.348 e. The zero-order valence-electron chi connectivity index (χ0n) is 11.3. The van der Waals surface area contributed by atoms with Crippen molar-refractivity contribution >= 4 is 27.5 Å². The van der Waals surface area contributed by atoms with Crippen molar-refractivity contribution in [3.63, 3.8) is 0 Å². The molecule has 0 atom stereocenters. The number of nitro benzene ring substituents is 1. The van der Waals surface area contributed by atoms with Crippen LogP contribution in [0, 0.1) is 17.0 Å². The summed E-state index contributed by atoms with van der Waals surface area (Å²) in [5.41, 5.74) is 1.96. The standard InChI is InChI=1S/C15H13BrN2O3/c1-10-8-12(18(20)21)6-7-13(10)15(19)17-9-11-4-2-3-5-14(11)16/h2-8H,9H2,1H3,(H,17,19). The Morgan fingerprint density at radius 2 is 2.00 bits per heavy atom. The Balaban J connectivity index is 2.11. The molecule has 0 aliphatic heterocycles. The van der Waals surface area contributed by atoms with Gasteiger partial charge in [-0.3, -0.25) is 14.9 Å². The zero-order chi connectivity index (χ0) is 15.4. The Morgan fingerprint density at radius 1 is 1.29 bits per heavy atom. The van der Waals surface area contributed by atoms with Gasteiger partial charge in [-0.2, -0.15) is 0 Å². The number of aryl methyl sites for hydroxylation is 1. The van der Waals surface area contributed by atoms with Crippen molar-refractivity contribution in [2.45, 2.75) is 13.5 Å². The van der Waals surface area contributed by atoms with Gasteiger partial charge in [-0.1, -0.05) is 34.1 Å². The zero-order valence-corrected chi connectivity index (χ0v) is 12.9. The summed E-state index contributed by atoms with van der Waals surface area (Å²) in [4.78, 5) is 22.3. The molecule has 1 N–H and O–H groups in total. The Morgan fingerprint density at radius 3 is 2.62 bits per heavy atom. The maximum Gasteiger partial charge on any atom is 0.269 e. The fraction of sp³-hybridized carbons (Fsp3) is 0.133. The first kappa shape index (κ1) is 15.2. The van der Waals surface area contributed by atoms with Gasteiger partial charge in [0.1, 0.15) is 0 Å². The van der Waals surface area contributed by atoms with E-state index in [9.17, 15) is 14.9 Å². The van der Waals surface area contributed by atoms with Gasteiger partial charge in [0.25, 0.3) is 11.6 Å². The maximum absolute atomic E-state index is 12.1. The largest absolute Gasteiger partial charge is 0.348 e. The Bertz CT molecular complexity index is 701. The molecule has 0 unspecified atom stereocenters. The third-order valence-electron chi connectivity index (χ3n) is 3.06. The smallest absolute Gasteiger partial charge is 0.269 e. The summed E-state index contributed by atoms with van der Waals surface area (Å²) in [6, 6.07) is 11.8. The molecule has 0 saturated heterocycles. The van der Waals surface area contributed by atoms with Gasteiger partial charge < -0.3 is 5.32 Å². The van der Waals surface area contributed by atoms with Gasteiger partial charge in [0.15, 0.2) is 0 Å². The number of benzene rings is 2. The summed E-state index contributed by atoms with van der Waals surface area (Å²) in [6.07, 6.45) is 0. The van der Waals surface area contributed by atoms with Gasteiger partial charge in [0, 0.05) is 28.7 Å². The second-order valence-electron chi connectivity index (χ2n) is 4.53. The van der Waals surface area contributed by atoms with E-state index < -0.39 is 4.92 Å². The monoisotopic (exact) mass is 348 g/mol. The van der Waals surface area contributed by atoms with Crippen molar-refractivity contribution < 1.29 is 9.72 Å². The van der Waals surface area contributed by atoms with Gasteiger partial charge in [-0.25, -0.2) is 0 Å². The summed E-state index contributed by atoms with van der Waals surface area (Å²) >= 11 is 3.42. The van der Waals surface area contributed by atoms with Crippen LogP contribution in [0.2, 0.25) is 0 Å². The molecule has 0 saturated carbocycles. The Kier molecular flexibility index (Phi) is 4.70. The topological polar surface area (TPSA) is 72.2 Å². The summed E-state index contributed by atoms with van der Waals surface area (Å²) in [5.74, 6) is -0.252. The number of rotatable bonds is 4. The van der Waals surface area contributed by atoms with Gasteiger partial charge >= 0.3 is 0 Å². The van der Waals surface area contributed by atoms with E-state index in [1.165, 1.54) is 18.2 Å². The van der Waals surface area contributed by atoms with E-state index in [0.717, 1.165) is 10.0 Å². The van der Waals surface area contributed by atoms with E-state index in [4.69, 9.17) is 0 Å². The predicted molar refractivity (Wildman–Crippen MR) is 83.1 cm³/mol. The Hall–Kier alpha value is -2.21. The molecule has 0 spiro atoms. The molecule has 5 nitrogen and oxygen atoms in total. The van der Waals surface area contributed by atoms with Gasteiger partial charge in [0.2, 0.25) is 0 Å². The highest BCUT2D eigenvalue weighted by Gasteiger charge is 2.13. The van der Waals surface area contributed by atoms with Gasteiger partial charge in [-0.05, 0) is 30.2 Å². The number of nitro groups is 1. The minimum absolute atomic E-state index is 0.0187. The number of nitrogens with one attached hydrogen (secondary N) is 1. The van der Waals surface area contributed by atoms with Crippen LogP contribution < -0.4 is 5.32 Å². The Labute approximate surface area is 130 Å². The van der Waals surface area contributed by atoms with Crippen molar-refractivity contribution in [3.05, 3.63) is 73.7 Å². The first-order valence-electron chi connectivity index (χ1n) is 6.25. The third-order valence-corrected chi connectivity index (χ3v) is 3.84. The number of hydrogen-bond donors (Lipinski definition) is 1. The number of hydrogen-bond acceptors (Lipinski definition) is 3. The fourth-order valence-electron chi connectivity index (χ4n) is 1.93. The van der Waals surface area contributed by atoms with Crippen LogP contribution >= 0.6 is 15.9 Å². The van der Waals surface area contributed by atoms with Crippen LogP contribution in [0.15, 0.2) is 46.9 Å². The fourth-order valence-corrected chi connectivity index (χ4v) is 2.35. The molecule has 108 valence electrons. The minimum atomic E-state index is -0.476. The second-order valence-corrected chi connectivity index (χ2v) is 5.38. The average molecular weight is 349 g/mol. The molecular weight excluding hydrogens is 336 g/mol. The number of halogens is 1. The first-order valence-corrected chi connectivity index (χ1v) is 7.05. The van der Waals surface area contributed by atoms with E-state index in [0.29, 0.717) is 17.7 Å². The van der Waals surface area contributed by atoms with E-state index in [-0.39, 0.29) is 11.6 Å². The molecule has 0 heterocycles. The van der Waals surface area contributed by atoms with Crippen LogP contribution in [-0.2, 0) is 6.54 Å². The van der Waals surface area contributed by atoms with Crippen molar-refractivity contribution in [1.82, 2.24) is 5.32 Å². The lowest BCUT2D eigenvalue weighted by molar-refractivity contribution is -0.384. The molecule has 2 rings (SSSR count). The molecule has 0 aliphatic rings. The molecule has 21 heavy (non-hydrogen) atoms. The van der Waals surface area contributed by atoms with E-state index in [2.05, 4.69) is 21.2 Å². The van der Waals surface area contributed by atoms with Crippen LogP contribution in [0.1, 0.15) is 21.5 Å². The van der Waals surface area contributed by atoms with Crippen LogP contribution in [0.4, 0.5) is 5.69 Å². The predicted octanol–water partition coefficient (Wildman–Crippen LogP) is 3.60. The van der Waals surface area contributed by atoms with Crippen LogP contribution in [0.25, 0.3) is 0 Å². The highest BCUT2D eigenvalue weighted by atomic mass is 79.9. The molecule has 0 bridgehead atoms. The highest BCUT2D eigenvalue weighted by Crippen LogP contribution is 2.18. The maximum atomic E-state index is 12.1. The summed E-state index contributed by atoms with van der Waals surface area (Å²) in [6.45, 7) is 2.07. The van der Waals surface area contributed by atoms with Gasteiger partial charge in [0.05, 0.1) is 4.92 Å². The van der Waals surface area contributed by atoms with Crippen LogP contribution in [-0.4, -0.2) is 10.8 Å². The molecule has 0 aliphatic carbocycles. The number of nitrogens with zero attached hydrogens (tertiary/aromatic N) is 1. The van der Waals surface area contributed by atoms with Gasteiger partial charge in [-0.15, -0.1) is 0 Å². The number of carbonyl (C=O) groups is 1. The van der Waals surface area contributed by atoms with E-state index in [1.807, 2.05) is 24.3 Å². The summed E-state index contributed by atoms with van der Waals surface area (Å²) in [7, 11) is 0. The first-order chi connectivity index (χ1) is 9.99. The molecule has 6 heteroatoms. The molecule has 2 aromatic rings. The lowest BCUT2D eigenvalue weighted by Crippen LogP contribution is -2.23. The van der Waals surface area contributed by atoms with E-state index >= 15 is 0 Å². The normalized spacial score (nSPS) is 10.2. The van der Waals surface area contributed by atoms with Crippen LogP contribution in [0.5, 0.6) is 0 Å². The highest BCUT2D eigenvalue weighted by molar-refractivity contribution is 9.10. The van der Waals surface area contributed by atoms with Crippen LogP contribution in [0.3, 0.4) is 0 Å². The van der Waals surface area contributed by atoms with Crippen molar-refractivity contribution in [1.29, 1.82) is 0 Å². The summed E-state index contributed by atoms with van der Waals surface area (Å²) in [5, 5.41) is 13.5. The van der Waals surface area contributed by atoms with E-state index in [1.54, 1.807) is 6.92 Å². The number of amides is 1. The molecule has 0 radical (unpaired) electrons. The molecule has 0 aromatic heterocycles. The molecular formula is C15H13BrN2O3. The second kappa shape index (κ2) is 6.49. The number of carbonyl (C=O) groups excluding carboxylic acids is 1. The molecule has 2 aromatic carbocycles. The molecule has 0 fully saturated rings. The van der Waals surface area contributed by atoms with Crippen molar-refractivity contribution in [2.24, 2.45) is 0 Å². The van der Waals surface area contributed by atoms with Crippen molar-refractivity contribution in [3.8, 4) is 0 Å². The third kappa shape index (κ3) is 3.66. The average Bonchev–Trinajstić information content (AvgIpc) is 2.46. The molecule has 1 amide bonds. The lowest BCUT2D eigenvalue weighted by Gasteiger charge is -2.09. The summed E-state index contributed by atoms with van der Waals surface area (Å²) < 4.78 is 0.922. The SMILES string of the molecule is Cc1cc([N+](=O)[O-])ccc1C(=O)NCc1ccccc1Br. The quantitative estimate of drug-likeness (QED) is 0.677. The number of non-ortho nitro benzene ring substituents is 1. The lowest BCUT2D eigenvalue weighted by atomic mass is 10.1.